The first-order chi connectivity index (χ1) is 9.76. The van der Waals surface area contributed by atoms with E-state index in [2.05, 4.69) is 29.2 Å². The van der Waals surface area contributed by atoms with Crippen LogP contribution in [-0.4, -0.2) is 32.8 Å². The summed E-state index contributed by atoms with van der Waals surface area (Å²) >= 11 is 2.08. The number of ether oxygens (including phenoxy) is 2. The van der Waals surface area contributed by atoms with E-state index in [1.165, 1.54) is 36.3 Å². The lowest BCUT2D eigenvalue weighted by Gasteiger charge is -2.27. The third kappa shape index (κ3) is 4.06. The highest BCUT2D eigenvalue weighted by molar-refractivity contribution is 7.99. The van der Waals surface area contributed by atoms with E-state index in [0.717, 1.165) is 17.4 Å². The average Bonchev–Trinajstić information content (AvgIpc) is 2.53. The van der Waals surface area contributed by atoms with Crippen LogP contribution in [0.3, 0.4) is 0 Å². The first-order valence-corrected chi connectivity index (χ1v) is 8.40. The maximum Gasteiger partial charge on any atom is 0.122 e. The molecule has 0 radical (unpaired) electrons. The maximum absolute atomic E-state index is 5.37. The second-order valence-corrected chi connectivity index (χ2v) is 6.50. The Balaban J connectivity index is 2.12. The molecule has 1 aliphatic heterocycles. The zero-order valence-electron chi connectivity index (χ0n) is 12.6. The zero-order chi connectivity index (χ0) is 14.4. The Bertz CT molecular complexity index is 397. The highest BCUT2D eigenvalue weighted by Crippen LogP contribution is 2.33. The van der Waals surface area contributed by atoms with E-state index in [1.807, 2.05) is 13.1 Å². The Labute approximate surface area is 126 Å². The Hall–Kier alpha value is -0.870. The van der Waals surface area contributed by atoms with E-state index in [1.54, 1.807) is 14.2 Å². The van der Waals surface area contributed by atoms with E-state index < -0.39 is 0 Å². The van der Waals surface area contributed by atoms with Crippen molar-refractivity contribution in [2.24, 2.45) is 5.92 Å². The van der Waals surface area contributed by atoms with E-state index in [4.69, 9.17) is 9.47 Å². The van der Waals surface area contributed by atoms with Crippen molar-refractivity contribution < 1.29 is 9.47 Å². The number of rotatable bonds is 6. The van der Waals surface area contributed by atoms with Gasteiger partial charge in [-0.3, -0.25) is 0 Å². The van der Waals surface area contributed by atoms with Crippen molar-refractivity contribution in [1.82, 2.24) is 5.32 Å². The molecule has 0 spiro atoms. The van der Waals surface area contributed by atoms with Gasteiger partial charge in [0.05, 0.1) is 14.2 Å². The molecule has 1 unspecified atom stereocenters. The number of benzene rings is 1. The lowest BCUT2D eigenvalue weighted by Crippen LogP contribution is -2.22. The van der Waals surface area contributed by atoms with Crippen molar-refractivity contribution in [3.05, 3.63) is 23.8 Å². The molecule has 1 aromatic rings. The number of hydrogen-bond donors (Lipinski definition) is 1. The van der Waals surface area contributed by atoms with Gasteiger partial charge < -0.3 is 14.8 Å². The molecule has 112 valence electrons. The maximum atomic E-state index is 5.37. The molecule has 1 aromatic carbocycles. The Morgan fingerprint density at radius 3 is 2.25 bits per heavy atom. The molecule has 1 atom stereocenters. The van der Waals surface area contributed by atoms with Gasteiger partial charge >= 0.3 is 0 Å². The highest BCUT2D eigenvalue weighted by Gasteiger charge is 2.20. The van der Waals surface area contributed by atoms with Gasteiger partial charge in [0.1, 0.15) is 11.5 Å². The van der Waals surface area contributed by atoms with Crippen LogP contribution in [-0.2, 0) is 0 Å². The number of methoxy groups -OCH3 is 2. The summed E-state index contributed by atoms with van der Waals surface area (Å²) in [5, 5.41) is 3.45. The van der Waals surface area contributed by atoms with Gasteiger partial charge in [0, 0.05) is 12.1 Å². The molecular formula is C16H25NO2S. The van der Waals surface area contributed by atoms with E-state index in [-0.39, 0.29) is 0 Å². The highest BCUT2D eigenvalue weighted by atomic mass is 32.2. The summed E-state index contributed by atoms with van der Waals surface area (Å²) in [6.07, 6.45) is 3.86. The van der Waals surface area contributed by atoms with Gasteiger partial charge in [0.15, 0.2) is 0 Å². The van der Waals surface area contributed by atoms with Gasteiger partial charge in [-0.2, -0.15) is 11.8 Å². The molecule has 0 aliphatic carbocycles. The second kappa shape index (κ2) is 7.79. The molecule has 1 fully saturated rings. The fourth-order valence-electron chi connectivity index (χ4n) is 2.77. The standard InChI is InChI=1S/C16H25NO2S/c1-17-16(8-12-4-6-20-7-5-12)13-9-14(18-2)11-15(10-13)19-3/h9-12,16-17H,4-8H2,1-3H3. The Morgan fingerprint density at radius 2 is 1.75 bits per heavy atom. The SMILES string of the molecule is CNC(CC1CCSCC1)c1cc(OC)cc(OC)c1. The first kappa shape index (κ1) is 15.5. The molecule has 4 heteroatoms. The zero-order valence-corrected chi connectivity index (χ0v) is 13.5. The summed E-state index contributed by atoms with van der Waals surface area (Å²) in [5.74, 6) is 5.16. The van der Waals surface area contributed by atoms with Crippen LogP contribution in [0.1, 0.15) is 30.9 Å². The van der Waals surface area contributed by atoms with Crippen LogP contribution in [0.4, 0.5) is 0 Å². The molecule has 0 saturated carbocycles. The summed E-state index contributed by atoms with van der Waals surface area (Å²) in [6, 6.07) is 6.52. The molecule has 1 saturated heterocycles. The number of hydrogen-bond acceptors (Lipinski definition) is 4. The summed E-state index contributed by atoms with van der Waals surface area (Å²) in [4.78, 5) is 0. The van der Waals surface area contributed by atoms with Crippen molar-refractivity contribution in [3.63, 3.8) is 0 Å². The van der Waals surface area contributed by atoms with Crippen LogP contribution in [0, 0.1) is 5.92 Å². The van der Waals surface area contributed by atoms with Gasteiger partial charge in [0.25, 0.3) is 0 Å². The fraction of sp³-hybridized carbons (Fsp3) is 0.625. The monoisotopic (exact) mass is 295 g/mol. The van der Waals surface area contributed by atoms with Gasteiger partial charge in [-0.25, -0.2) is 0 Å². The van der Waals surface area contributed by atoms with Crippen LogP contribution in [0.15, 0.2) is 18.2 Å². The lowest BCUT2D eigenvalue weighted by atomic mass is 9.90. The summed E-state index contributed by atoms with van der Waals surface area (Å²) in [7, 11) is 5.44. The summed E-state index contributed by atoms with van der Waals surface area (Å²) in [5.41, 5.74) is 1.25. The minimum atomic E-state index is 0.368. The number of nitrogens with one attached hydrogen (secondary N) is 1. The van der Waals surface area contributed by atoms with Crippen LogP contribution in [0.2, 0.25) is 0 Å². The molecular weight excluding hydrogens is 270 g/mol. The quantitative estimate of drug-likeness (QED) is 0.870. The van der Waals surface area contributed by atoms with Crippen molar-refractivity contribution in [1.29, 1.82) is 0 Å². The minimum absolute atomic E-state index is 0.368. The van der Waals surface area contributed by atoms with Crippen LogP contribution < -0.4 is 14.8 Å². The van der Waals surface area contributed by atoms with Crippen molar-refractivity contribution in [3.8, 4) is 11.5 Å². The number of thioether (sulfide) groups is 1. The molecule has 0 amide bonds. The molecule has 20 heavy (non-hydrogen) atoms. The lowest BCUT2D eigenvalue weighted by molar-refractivity contribution is 0.373. The molecule has 1 aliphatic rings. The van der Waals surface area contributed by atoms with E-state index in [9.17, 15) is 0 Å². The smallest absolute Gasteiger partial charge is 0.122 e. The molecule has 0 aromatic heterocycles. The topological polar surface area (TPSA) is 30.5 Å². The minimum Gasteiger partial charge on any atom is -0.497 e. The summed E-state index contributed by atoms with van der Waals surface area (Å²) < 4.78 is 10.7. The molecule has 3 nitrogen and oxygen atoms in total. The van der Waals surface area contributed by atoms with Gasteiger partial charge in [-0.05, 0) is 61.4 Å². The molecule has 2 rings (SSSR count). The third-order valence-electron chi connectivity index (χ3n) is 4.03. The summed E-state index contributed by atoms with van der Waals surface area (Å²) in [6.45, 7) is 0. The van der Waals surface area contributed by atoms with Gasteiger partial charge in [-0.1, -0.05) is 0 Å². The largest absolute Gasteiger partial charge is 0.497 e. The molecule has 1 N–H and O–H groups in total. The van der Waals surface area contributed by atoms with Crippen molar-refractivity contribution in [2.75, 3.05) is 32.8 Å². The predicted molar refractivity (Wildman–Crippen MR) is 86.0 cm³/mol. The normalized spacial score (nSPS) is 17.8. The van der Waals surface area contributed by atoms with Gasteiger partial charge in [0.2, 0.25) is 0 Å². The average molecular weight is 295 g/mol. The molecule has 1 heterocycles. The van der Waals surface area contributed by atoms with Crippen LogP contribution >= 0.6 is 11.8 Å². The Morgan fingerprint density at radius 1 is 1.15 bits per heavy atom. The van der Waals surface area contributed by atoms with Gasteiger partial charge in [-0.15, -0.1) is 0 Å². The molecule has 0 bridgehead atoms. The van der Waals surface area contributed by atoms with E-state index >= 15 is 0 Å². The Kier molecular flexibility index (Phi) is 6.05. The van der Waals surface area contributed by atoms with E-state index in [0.29, 0.717) is 6.04 Å². The van der Waals surface area contributed by atoms with Crippen LogP contribution in [0.5, 0.6) is 11.5 Å². The predicted octanol–water partition coefficient (Wildman–Crippen LogP) is 3.50. The van der Waals surface area contributed by atoms with Crippen LogP contribution in [0.25, 0.3) is 0 Å². The third-order valence-corrected chi connectivity index (χ3v) is 5.08. The second-order valence-electron chi connectivity index (χ2n) is 5.28. The fourth-order valence-corrected chi connectivity index (χ4v) is 3.97. The first-order valence-electron chi connectivity index (χ1n) is 7.24. The van der Waals surface area contributed by atoms with Crippen molar-refractivity contribution >= 4 is 11.8 Å². The van der Waals surface area contributed by atoms with Crippen molar-refractivity contribution in [2.45, 2.75) is 25.3 Å².